The highest BCUT2D eigenvalue weighted by molar-refractivity contribution is 6.29. The first-order valence-electron chi connectivity index (χ1n) is 6.15. The fraction of sp³-hybridized carbons (Fsp3) is 0.286. The summed E-state index contributed by atoms with van der Waals surface area (Å²) in [6, 6.07) is 4.48. The minimum atomic E-state index is -0.262. The largest absolute Gasteiger partial charge is 0.508 e. The lowest BCUT2D eigenvalue weighted by atomic mass is 10.1. The van der Waals surface area contributed by atoms with E-state index in [0.717, 1.165) is 24.1 Å². The highest BCUT2D eigenvalue weighted by atomic mass is 35.5. The Balaban J connectivity index is 2.27. The van der Waals surface area contributed by atoms with Gasteiger partial charge in [-0.3, -0.25) is 9.36 Å². The molecule has 1 aliphatic rings. The van der Waals surface area contributed by atoms with Gasteiger partial charge in [-0.05, 0) is 43.4 Å². The van der Waals surface area contributed by atoms with Crippen LogP contribution in [0.15, 0.2) is 29.2 Å². The molecule has 0 saturated heterocycles. The summed E-state index contributed by atoms with van der Waals surface area (Å²) < 4.78 is 1.57. The van der Waals surface area contributed by atoms with Gasteiger partial charge in [-0.2, -0.15) is 0 Å². The van der Waals surface area contributed by atoms with Gasteiger partial charge in [0.1, 0.15) is 10.9 Å². The second-order valence-electron chi connectivity index (χ2n) is 4.87. The molecule has 0 aromatic carbocycles. The molecule has 2 heterocycles. The van der Waals surface area contributed by atoms with Crippen molar-refractivity contribution in [2.45, 2.75) is 25.7 Å². The van der Waals surface area contributed by atoms with Crippen molar-refractivity contribution in [2.75, 3.05) is 0 Å². The van der Waals surface area contributed by atoms with Crippen LogP contribution in [0.5, 0.6) is 5.75 Å². The van der Waals surface area contributed by atoms with Crippen molar-refractivity contribution in [3.8, 4) is 11.4 Å². The summed E-state index contributed by atoms with van der Waals surface area (Å²) in [7, 11) is 0. The van der Waals surface area contributed by atoms with E-state index < -0.39 is 0 Å². The molecule has 0 bridgehead atoms. The Hall–Kier alpha value is -1.81. The van der Waals surface area contributed by atoms with E-state index >= 15 is 0 Å². The molecular weight excluding hydrogens is 264 g/mol. The Kier molecular flexibility index (Phi) is 2.82. The maximum atomic E-state index is 12.1. The number of halogens is 1. The summed E-state index contributed by atoms with van der Waals surface area (Å²) in [5.74, 6) is 0.437. The summed E-state index contributed by atoms with van der Waals surface area (Å²) in [6.45, 7) is 1.78. The summed E-state index contributed by atoms with van der Waals surface area (Å²) in [6.07, 6.45) is 3.97. The summed E-state index contributed by atoms with van der Waals surface area (Å²) in [4.78, 5) is 16.2. The van der Waals surface area contributed by atoms with Crippen molar-refractivity contribution in [3.63, 3.8) is 0 Å². The third-order valence-corrected chi connectivity index (χ3v) is 3.54. The summed E-state index contributed by atoms with van der Waals surface area (Å²) >= 11 is 5.95. The molecule has 1 saturated carbocycles. The van der Waals surface area contributed by atoms with E-state index in [1.807, 2.05) is 0 Å². The maximum Gasteiger partial charge on any atom is 0.258 e. The minimum Gasteiger partial charge on any atom is -0.508 e. The average Bonchev–Trinajstić information content (AvgIpc) is 3.11. The van der Waals surface area contributed by atoms with Crippen LogP contribution in [-0.2, 0) is 0 Å². The molecule has 5 heteroatoms. The molecule has 4 nitrogen and oxygen atoms in total. The molecule has 1 fully saturated rings. The third kappa shape index (κ3) is 2.24. The van der Waals surface area contributed by atoms with Crippen LogP contribution in [0, 0.1) is 6.92 Å². The molecule has 1 N–H and O–H groups in total. The Morgan fingerprint density at radius 3 is 2.74 bits per heavy atom. The number of aromatic hydroxyl groups is 1. The maximum absolute atomic E-state index is 12.1. The highest BCUT2D eigenvalue weighted by Crippen LogP contribution is 2.42. The fourth-order valence-corrected chi connectivity index (χ4v) is 2.48. The van der Waals surface area contributed by atoms with E-state index in [9.17, 15) is 9.90 Å². The molecule has 2 aromatic rings. The van der Waals surface area contributed by atoms with Crippen LogP contribution in [0.4, 0.5) is 0 Å². The number of hydrogen-bond acceptors (Lipinski definition) is 3. The summed E-state index contributed by atoms with van der Waals surface area (Å²) in [5, 5.41) is 9.82. The van der Waals surface area contributed by atoms with Gasteiger partial charge in [0.25, 0.3) is 5.56 Å². The lowest BCUT2D eigenvalue weighted by molar-refractivity contribution is 0.472. The number of pyridine rings is 2. The quantitative estimate of drug-likeness (QED) is 0.858. The van der Waals surface area contributed by atoms with Gasteiger partial charge in [-0.25, -0.2) is 4.98 Å². The van der Waals surface area contributed by atoms with E-state index in [0.29, 0.717) is 16.8 Å². The predicted octanol–water partition coefficient (Wildman–Crippen LogP) is 2.78. The van der Waals surface area contributed by atoms with E-state index in [-0.39, 0.29) is 11.3 Å². The average molecular weight is 277 g/mol. The minimum absolute atomic E-state index is 0.0214. The monoisotopic (exact) mass is 276 g/mol. The standard InChI is InChI=1S/C14H13ClN2O2/c1-8-4-10(18)5-14(19)17(8)12-6-13(15)16-7-11(12)9-2-3-9/h4-7,9,18H,2-3H2,1H3. The lowest BCUT2D eigenvalue weighted by Gasteiger charge is -2.14. The van der Waals surface area contributed by atoms with Crippen molar-refractivity contribution in [2.24, 2.45) is 0 Å². The Morgan fingerprint density at radius 2 is 2.11 bits per heavy atom. The van der Waals surface area contributed by atoms with Gasteiger partial charge in [0, 0.05) is 18.0 Å². The van der Waals surface area contributed by atoms with Crippen molar-refractivity contribution in [1.29, 1.82) is 0 Å². The van der Waals surface area contributed by atoms with Gasteiger partial charge < -0.3 is 5.11 Å². The Labute approximate surface area is 115 Å². The van der Waals surface area contributed by atoms with Gasteiger partial charge in [0.05, 0.1) is 5.69 Å². The Bertz CT molecular complexity index is 705. The number of rotatable bonds is 2. The molecule has 0 amide bonds. The first-order valence-corrected chi connectivity index (χ1v) is 6.52. The number of hydrogen-bond donors (Lipinski definition) is 1. The molecule has 19 heavy (non-hydrogen) atoms. The van der Waals surface area contributed by atoms with Crippen LogP contribution < -0.4 is 5.56 Å². The van der Waals surface area contributed by atoms with Gasteiger partial charge in [-0.1, -0.05) is 11.6 Å². The van der Waals surface area contributed by atoms with Crippen molar-refractivity contribution >= 4 is 11.6 Å². The summed E-state index contributed by atoms with van der Waals surface area (Å²) in [5.41, 5.74) is 2.22. The van der Waals surface area contributed by atoms with E-state index in [4.69, 9.17) is 11.6 Å². The van der Waals surface area contributed by atoms with Crippen LogP contribution >= 0.6 is 11.6 Å². The van der Waals surface area contributed by atoms with Gasteiger partial charge in [-0.15, -0.1) is 0 Å². The van der Waals surface area contributed by atoms with E-state index in [1.54, 1.807) is 29.8 Å². The first-order chi connectivity index (χ1) is 9.06. The second-order valence-corrected chi connectivity index (χ2v) is 5.26. The smallest absolute Gasteiger partial charge is 0.258 e. The predicted molar refractivity (Wildman–Crippen MR) is 73.2 cm³/mol. The zero-order valence-electron chi connectivity index (χ0n) is 10.4. The zero-order valence-corrected chi connectivity index (χ0v) is 11.2. The zero-order chi connectivity index (χ0) is 13.6. The molecule has 1 aliphatic carbocycles. The van der Waals surface area contributed by atoms with Crippen LogP contribution in [0.25, 0.3) is 5.69 Å². The van der Waals surface area contributed by atoms with Gasteiger partial charge >= 0.3 is 0 Å². The van der Waals surface area contributed by atoms with Crippen LogP contribution in [-0.4, -0.2) is 14.7 Å². The van der Waals surface area contributed by atoms with Crippen LogP contribution in [0.1, 0.15) is 30.0 Å². The topological polar surface area (TPSA) is 55.1 Å². The highest BCUT2D eigenvalue weighted by Gasteiger charge is 2.27. The molecule has 0 aliphatic heterocycles. The first kappa shape index (κ1) is 12.2. The normalized spacial score (nSPS) is 14.6. The van der Waals surface area contributed by atoms with Crippen LogP contribution in [0.2, 0.25) is 5.15 Å². The molecule has 0 radical (unpaired) electrons. The van der Waals surface area contributed by atoms with E-state index in [2.05, 4.69) is 4.98 Å². The van der Waals surface area contributed by atoms with Crippen molar-refractivity contribution in [1.82, 2.24) is 9.55 Å². The molecule has 0 atom stereocenters. The lowest BCUT2D eigenvalue weighted by Crippen LogP contribution is -2.20. The van der Waals surface area contributed by atoms with E-state index in [1.165, 1.54) is 6.07 Å². The molecular formula is C14H13ClN2O2. The SMILES string of the molecule is Cc1cc(O)cc(=O)n1-c1cc(Cl)ncc1C1CC1. The molecule has 0 unspecified atom stereocenters. The molecule has 3 rings (SSSR count). The van der Waals surface area contributed by atoms with Gasteiger partial charge in [0.2, 0.25) is 0 Å². The molecule has 98 valence electrons. The van der Waals surface area contributed by atoms with Crippen molar-refractivity contribution in [3.05, 3.63) is 51.2 Å². The van der Waals surface area contributed by atoms with Gasteiger partial charge in [0.15, 0.2) is 0 Å². The molecule has 0 spiro atoms. The second kappa shape index (κ2) is 4.38. The molecule has 2 aromatic heterocycles. The van der Waals surface area contributed by atoms with Crippen LogP contribution in [0.3, 0.4) is 0 Å². The number of aryl methyl sites for hydroxylation is 1. The number of nitrogens with zero attached hydrogens (tertiary/aromatic N) is 2. The number of aromatic nitrogens is 2. The fourth-order valence-electron chi connectivity index (χ4n) is 2.33. The Morgan fingerprint density at radius 1 is 1.37 bits per heavy atom. The third-order valence-electron chi connectivity index (χ3n) is 3.34. The van der Waals surface area contributed by atoms with Crippen molar-refractivity contribution < 1.29 is 5.11 Å².